The lowest BCUT2D eigenvalue weighted by atomic mass is 9.97. The molecule has 1 fully saturated rings. The Kier molecular flexibility index (Phi) is 4.36. The van der Waals surface area contributed by atoms with Crippen LogP contribution in [0.3, 0.4) is 0 Å². The van der Waals surface area contributed by atoms with E-state index >= 15 is 0 Å². The molecule has 2 rings (SSSR count). The van der Waals surface area contributed by atoms with Crippen molar-refractivity contribution < 1.29 is 13.2 Å². The molecule has 5 nitrogen and oxygen atoms in total. The fraction of sp³-hybridized carbons (Fsp3) is 0.462. The van der Waals surface area contributed by atoms with Crippen LogP contribution in [0.1, 0.15) is 26.2 Å². The van der Waals surface area contributed by atoms with Crippen LogP contribution >= 0.6 is 11.6 Å². The van der Waals surface area contributed by atoms with E-state index in [1.807, 2.05) is 0 Å². The highest BCUT2D eigenvalue weighted by molar-refractivity contribution is 7.89. The maximum atomic E-state index is 12.1. The van der Waals surface area contributed by atoms with Crippen molar-refractivity contribution in [1.29, 1.82) is 0 Å². The number of rotatable bonds is 3. The van der Waals surface area contributed by atoms with Gasteiger partial charge in [0.1, 0.15) is 4.90 Å². The smallest absolute Gasteiger partial charge is 0.239 e. The number of halogens is 1. The molecule has 110 valence electrons. The molecular formula is C13H17ClN2O3S. The molecule has 0 radical (unpaired) electrons. The SMILES string of the molecule is CC1CCCC1C(=O)Nc1ccc(S(N)(=O)=O)c(Cl)c1. The second kappa shape index (κ2) is 5.71. The van der Waals surface area contributed by atoms with Gasteiger partial charge in [-0.05, 0) is 37.0 Å². The van der Waals surface area contributed by atoms with Crippen molar-refractivity contribution in [3.05, 3.63) is 23.2 Å². The molecule has 0 bridgehead atoms. The molecule has 0 saturated heterocycles. The average molecular weight is 317 g/mol. The predicted octanol–water partition coefficient (Wildman–Crippen LogP) is 2.36. The van der Waals surface area contributed by atoms with Crippen LogP contribution in [0.5, 0.6) is 0 Å². The van der Waals surface area contributed by atoms with Crippen LogP contribution in [0.25, 0.3) is 0 Å². The summed E-state index contributed by atoms with van der Waals surface area (Å²) in [7, 11) is -3.85. The zero-order valence-electron chi connectivity index (χ0n) is 11.1. The summed E-state index contributed by atoms with van der Waals surface area (Å²) in [5, 5.41) is 7.81. The Labute approximate surface area is 123 Å². The number of primary sulfonamides is 1. The van der Waals surface area contributed by atoms with Gasteiger partial charge >= 0.3 is 0 Å². The fourth-order valence-electron chi connectivity index (χ4n) is 2.58. The van der Waals surface area contributed by atoms with E-state index in [0.29, 0.717) is 11.6 Å². The van der Waals surface area contributed by atoms with Gasteiger partial charge in [-0.25, -0.2) is 13.6 Å². The summed E-state index contributed by atoms with van der Waals surface area (Å²) in [6.45, 7) is 2.06. The number of hydrogen-bond acceptors (Lipinski definition) is 3. The Hall–Kier alpha value is -1.11. The molecule has 1 aromatic rings. The van der Waals surface area contributed by atoms with E-state index in [2.05, 4.69) is 12.2 Å². The van der Waals surface area contributed by atoms with Crippen LogP contribution in [0.4, 0.5) is 5.69 Å². The molecule has 3 N–H and O–H groups in total. The summed E-state index contributed by atoms with van der Waals surface area (Å²) in [5.74, 6) is 0.329. The summed E-state index contributed by atoms with van der Waals surface area (Å²) in [6, 6.07) is 4.19. The summed E-state index contributed by atoms with van der Waals surface area (Å²) < 4.78 is 22.5. The molecule has 0 aliphatic heterocycles. The molecule has 7 heteroatoms. The van der Waals surface area contributed by atoms with Gasteiger partial charge in [0.05, 0.1) is 5.02 Å². The third-order valence-electron chi connectivity index (χ3n) is 3.70. The quantitative estimate of drug-likeness (QED) is 0.897. The molecule has 20 heavy (non-hydrogen) atoms. The standard InChI is InChI=1S/C13H17ClN2O3S/c1-8-3-2-4-10(8)13(17)16-9-5-6-12(11(14)7-9)20(15,18)19/h5-8,10H,2-4H2,1H3,(H,16,17)(H2,15,18,19). The van der Waals surface area contributed by atoms with Crippen LogP contribution in [-0.4, -0.2) is 14.3 Å². The minimum absolute atomic E-state index is 0.00442. The lowest BCUT2D eigenvalue weighted by Crippen LogP contribution is -2.24. The minimum Gasteiger partial charge on any atom is -0.326 e. The maximum Gasteiger partial charge on any atom is 0.239 e. The normalized spacial score (nSPS) is 22.8. The number of amides is 1. The molecule has 0 heterocycles. The van der Waals surface area contributed by atoms with Crippen molar-refractivity contribution in [2.45, 2.75) is 31.1 Å². The van der Waals surface area contributed by atoms with Gasteiger partial charge < -0.3 is 5.32 Å². The van der Waals surface area contributed by atoms with Gasteiger partial charge in [-0.1, -0.05) is 24.9 Å². The average Bonchev–Trinajstić information content (AvgIpc) is 2.73. The van der Waals surface area contributed by atoms with E-state index in [0.717, 1.165) is 19.3 Å². The molecular weight excluding hydrogens is 300 g/mol. The highest BCUT2D eigenvalue weighted by Gasteiger charge is 2.29. The summed E-state index contributed by atoms with van der Waals surface area (Å²) in [5.41, 5.74) is 0.478. The van der Waals surface area contributed by atoms with E-state index in [4.69, 9.17) is 16.7 Å². The third-order valence-corrected chi connectivity index (χ3v) is 5.10. The first kappa shape index (κ1) is 15.3. The highest BCUT2D eigenvalue weighted by Crippen LogP contribution is 2.32. The first-order chi connectivity index (χ1) is 9.29. The Balaban J connectivity index is 2.15. The monoisotopic (exact) mass is 316 g/mol. The van der Waals surface area contributed by atoms with Crippen molar-refractivity contribution in [1.82, 2.24) is 0 Å². The lowest BCUT2D eigenvalue weighted by Gasteiger charge is -2.15. The predicted molar refractivity (Wildman–Crippen MR) is 78.0 cm³/mol. The van der Waals surface area contributed by atoms with Crippen molar-refractivity contribution >= 4 is 33.2 Å². The second-order valence-corrected chi connectivity index (χ2v) is 7.13. The topological polar surface area (TPSA) is 89.3 Å². The number of carbonyl (C=O) groups excluding carboxylic acids is 1. The maximum absolute atomic E-state index is 12.1. The molecule has 1 aromatic carbocycles. The molecule has 1 aliphatic rings. The Morgan fingerprint density at radius 1 is 1.40 bits per heavy atom. The summed E-state index contributed by atoms with van der Waals surface area (Å²) >= 11 is 5.88. The summed E-state index contributed by atoms with van der Waals surface area (Å²) in [6.07, 6.45) is 3.00. The summed E-state index contributed by atoms with van der Waals surface area (Å²) in [4.78, 5) is 12.0. The van der Waals surface area contributed by atoms with Crippen LogP contribution in [0.15, 0.2) is 23.1 Å². The largest absolute Gasteiger partial charge is 0.326 e. The number of anilines is 1. The van der Waals surface area contributed by atoms with Gasteiger partial charge in [-0.3, -0.25) is 4.79 Å². The lowest BCUT2D eigenvalue weighted by molar-refractivity contribution is -0.120. The van der Waals surface area contributed by atoms with Crippen molar-refractivity contribution in [3.8, 4) is 0 Å². The van der Waals surface area contributed by atoms with E-state index < -0.39 is 10.0 Å². The molecule has 1 saturated carbocycles. The number of benzene rings is 1. The van der Waals surface area contributed by atoms with E-state index in [1.165, 1.54) is 18.2 Å². The van der Waals surface area contributed by atoms with Crippen LogP contribution in [-0.2, 0) is 14.8 Å². The zero-order chi connectivity index (χ0) is 14.9. The zero-order valence-corrected chi connectivity index (χ0v) is 12.7. The number of nitrogens with one attached hydrogen (secondary N) is 1. The van der Waals surface area contributed by atoms with Crippen LogP contribution in [0.2, 0.25) is 5.02 Å². The van der Waals surface area contributed by atoms with Gasteiger partial charge in [0.15, 0.2) is 0 Å². The van der Waals surface area contributed by atoms with Crippen LogP contribution < -0.4 is 10.5 Å². The van der Waals surface area contributed by atoms with E-state index in [-0.39, 0.29) is 21.7 Å². The van der Waals surface area contributed by atoms with Gasteiger partial charge in [-0.2, -0.15) is 0 Å². The van der Waals surface area contributed by atoms with Crippen molar-refractivity contribution in [2.24, 2.45) is 17.0 Å². The first-order valence-electron chi connectivity index (χ1n) is 6.42. The van der Waals surface area contributed by atoms with Crippen molar-refractivity contribution in [3.63, 3.8) is 0 Å². The van der Waals surface area contributed by atoms with Crippen molar-refractivity contribution in [2.75, 3.05) is 5.32 Å². The van der Waals surface area contributed by atoms with E-state index in [1.54, 1.807) is 0 Å². The molecule has 1 amide bonds. The molecule has 0 spiro atoms. The minimum atomic E-state index is -3.85. The number of hydrogen-bond donors (Lipinski definition) is 2. The highest BCUT2D eigenvalue weighted by atomic mass is 35.5. The molecule has 1 aliphatic carbocycles. The second-order valence-electron chi connectivity index (χ2n) is 5.19. The number of sulfonamides is 1. The van der Waals surface area contributed by atoms with E-state index in [9.17, 15) is 13.2 Å². The van der Waals surface area contributed by atoms with Gasteiger partial charge in [-0.15, -0.1) is 0 Å². The molecule has 0 aromatic heterocycles. The molecule has 2 unspecified atom stereocenters. The number of nitrogens with two attached hydrogens (primary N) is 1. The fourth-order valence-corrected chi connectivity index (χ4v) is 3.67. The third kappa shape index (κ3) is 3.31. The Bertz CT molecular complexity index is 631. The van der Waals surface area contributed by atoms with Gasteiger partial charge in [0.2, 0.25) is 15.9 Å². The van der Waals surface area contributed by atoms with Gasteiger partial charge in [0, 0.05) is 11.6 Å². The first-order valence-corrected chi connectivity index (χ1v) is 8.34. The van der Waals surface area contributed by atoms with Gasteiger partial charge in [0.25, 0.3) is 0 Å². The molecule has 2 atom stereocenters. The Morgan fingerprint density at radius 3 is 2.60 bits per heavy atom. The Morgan fingerprint density at radius 2 is 2.10 bits per heavy atom. The van der Waals surface area contributed by atoms with Crippen LogP contribution in [0, 0.1) is 11.8 Å². The number of carbonyl (C=O) groups is 1.